The van der Waals surface area contributed by atoms with Crippen LogP contribution in [0.25, 0.3) is 0 Å². The highest BCUT2D eigenvalue weighted by Gasteiger charge is 2.05. The Morgan fingerprint density at radius 1 is 1.46 bits per heavy atom. The molecule has 3 nitrogen and oxygen atoms in total. The summed E-state index contributed by atoms with van der Waals surface area (Å²) in [7, 11) is 3.85. The minimum Gasteiger partial charge on any atom is -0.478 e. The lowest BCUT2D eigenvalue weighted by molar-refractivity contribution is -0.132. The van der Waals surface area contributed by atoms with Crippen LogP contribution in [-0.2, 0) is 4.79 Å². The van der Waals surface area contributed by atoms with Crippen LogP contribution in [0.5, 0.6) is 0 Å². The number of carboxylic acid groups (broad SMARTS) is 1. The normalized spacial score (nSPS) is 12.2. The molecule has 0 fully saturated rings. The standard InChI is InChI=1S/C10H19NO2/c1-4-5-6-9(10(12)13)7-8-11(2)3/h7H,4-6,8H2,1-3H3,(H,12,13). The lowest BCUT2D eigenvalue weighted by Gasteiger charge is -2.06. The van der Waals surface area contributed by atoms with Crippen LogP contribution in [-0.4, -0.2) is 36.6 Å². The van der Waals surface area contributed by atoms with Crippen molar-refractivity contribution in [3.8, 4) is 0 Å². The molecular weight excluding hydrogens is 166 g/mol. The van der Waals surface area contributed by atoms with Gasteiger partial charge in [0.2, 0.25) is 0 Å². The fourth-order valence-electron chi connectivity index (χ4n) is 0.956. The fraction of sp³-hybridized carbons (Fsp3) is 0.700. The first-order chi connectivity index (χ1) is 6.07. The Morgan fingerprint density at radius 3 is 2.46 bits per heavy atom. The van der Waals surface area contributed by atoms with Crippen molar-refractivity contribution in [1.29, 1.82) is 0 Å². The van der Waals surface area contributed by atoms with E-state index in [4.69, 9.17) is 5.11 Å². The Balaban J connectivity index is 4.07. The topological polar surface area (TPSA) is 40.5 Å². The number of likely N-dealkylation sites (N-methyl/N-ethyl adjacent to an activating group) is 1. The van der Waals surface area contributed by atoms with Gasteiger partial charge in [0, 0.05) is 12.1 Å². The predicted octanol–water partition coefficient (Wildman–Crippen LogP) is 1.75. The van der Waals surface area contributed by atoms with Crippen LogP contribution in [0.3, 0.4) is 0 Å². The fourth-order valence-corrected chi connectivity index (χ4v) is 0.956. The number of hydrogen-bond acceptors (Lipinski definition) is 2. The van der Waals surface area contributed by atoms with Crippen LogP contribution in [0, 0.1) is 0 Å². The van der Waals surface area contributed by atoms with Crippen molar-refractivity contribution < 1.29 is 9.90 Å². The zero-order valence-corrected chi connectivity index (χ0v) is 8.71. The van der Waals surface area contributed by atoms with Gasteiger partial charge < -0.3 is 10.0 Å². The van der Waals surface area contributed by atoms with Crippen molar-refractivity contribution in [3.05, 3.63) is 11.6 Å². The third-order valence-corrected chi connectivity index (χ3v) is 1.78. The number of nitrogens with zero attached hydrogens (tertiary/aromatic N) is 1. The minimum atomic E-state index is -0.782. The molecule has 0 aromatic heterocycles. The molecule has 0 aliphatic heterocycles. The number of hydrogen-bond donors (Lipinski definition) is 1. The van der Waals surface area contributed by atoms with Gasteiger partial charge in [-0.3, -0.25) is 0 Å². The van der Waals surface area contributed by atoms with E-state index in [0.29, 0.717) is 18.5 Å². The summed E-state index contributed by atoms with van der Waals surface area (Å²) in [6, 6.07) is 0. The molecule has 0 aromatic carbocycles. The van der Waals surface area contributed by atoms with E-state index < -0.39 is 5.97 Å². The molecule has 0 aromatic rings. The monoisotopic (exact) mass is 185 g/mol. The molecule has 0 amide bonds. The van der Waals surface area contributed by atoms with Crippen LogP contribution >= 0.6 is 0 Å². The van der Waals surface area contributed by atoms with Gasteiger partial charge in [-0.05, 0) is 26.9 Å². The number of carbonyl (C=O) groups is 1. The summed E-state index contributed by atoms with van der Waals surface area (Å²) in [5, 5.41) is 8.83. The van der Waals surface area contributed by atoms with Crippen molar-refractivity contribution >= 4 is 5.97 Å². The second-order valence-electron chi connectivity index (χ2n) is 3.40. The van der Waals surface area contributed by atoms with Crippen molar-refractivity contribution in [2.24, 2.45) is 0 Å². The van der Waals surface area contributed by atoms with Crippen molar-refractivity contribution in [1.82, 2.24) is 4.90 Å². The van der Waals surface area contributed by atoms with E-state index in [1.165, 1.54) is 0 Å². The van der Waals surface area contributed by atoms with Gasteiger partial charge in [0.1, 0.15) is 0 Å². The quantitative estimate of drug-likeness (QED) is 0.641. The molecule has 0 spiro atoms. The molecule has 0 bridgehead atoms. The first-order valence-corrected chi connectivity index (χ1v) is 4.65. The van der Waals surface area contributed by atoms with Gasteiger partial charge in [-0.15, -0.1) is 0 Å². The van der Waals surface area contributed by atoms with Gasteiger partial charge in [0.15, 0.2) is 0 Å². The summed E-state index contributed by atoms with van der Waals surface area (Å²) in [5.41, 5.74) is 0.538. The van der Waals surface area contributed by atoms with E-state index in [1.807, 2.05) is 19.0 Å². The Bertz CT molecular complexity index is 185. The molecule has 0 aliphatic carbocycles. The Kier molecular flexibility index (Phi) is 6.24. The molecule has 1 N–H and O–H groups in total. The summed E-state index contributed by atoms with van der Waals surface area (Å²) >= 11 is 0. The van der Waals surface area contributed by atoms with Gasteiger partial charge in [0.05, 0.1) is 0 Å². The third kappa shape index (κ3) is 6.34. The molecule has 0 unspecified atom stereocenters. The van der Waals surface area contributed by atoms with Crippen molar-refractivity contribution in [2.45, 2.75) is 26.2 Å². The maximum absolute atomic E-state index is 10.7. The van der Waals surface area contributed by atoms with Gasteiger partial charge >= 0.3 is 5.97 Å². The Morgan fingerprint density at radius 2 is 2.08 bits per heavy atom. The first kappa shape index (κ1) is 12.2. The highest BCUT2D eigenvalue weighted by atomic mass is 16.4. The third-order valence-electron chi connectivity index (χ3n) is 1.78. The van der Waals surface area contributed by atoms with E-state index >= 15 is 0 Å². The predicted molar refractivity (Wildman–Crippen MR) is 53.8 cm³/mol. The summed E-state index contributed by atoms with van der Waals surface area (Å²) in [6.45, 7) is 2.76. The number of aliphatic carboxylic acids is 1. The molecular formula is C10H19NO2. The van der Waals surface area contributed by atoms with Crippen LogP contribution in [0.2, 0.25) is 0 Å². The number of rotatable bonds is 6. The minimum absolute atomic E-state index is 0.538. The molecule has 13 heavy (non-hydrogen) atoms. The van der Waals surface area contributed by atoms with Crippen LogP contribution in [0.15, 0.2) is 11.6 Å². The largest absolute Gasteiger partial charge is 0.478 e. The van der Waals surface area contributed by atoms with Crippen LogP contribution in [0.1, 0.15) is 26.2 Å². The summed E-state index contributed by atoms with van der Waals surface area (Å²) < 4.78 is 0. The summed E-state index contributed by atoms with van der Waals surface area (Å²) in [4.78, 5) is 12.7. The van der Waals surface area contributed by atoms with Crippen LogP contribution < -0.4 is 0 Å². The molecule has 76 valence electrons. The average Bonchev–Trinajstić information content (AvgIpc) is 2.03. The summed E-state index contributed by atoms with van der Waals surface area (Å²) in [5.74, 6) is -0.782. The van der Waals surface area contributed by atoms with Gasteiger partial charge in [-0.1, -0.05) is 19.4 Å². The molecule has 0 aliphatic rings. The zero-order chi connectivity index (χ0) is 10.3. The average molecular weight is 185 g/mol. The summed E-state index contributed by atoms with van der Waals surface area (Å²) in [6.07, 6.45) is 4.45. The molecule has 0 rings (SSSR count). The second kappa shape index (κ2) is 6.66. The molecule has 0 heterocycles. The van der Waals surface area contributed by atoms with E-state index in [-0.39, 0.29) is 0 Å². The van der Waals surface area contributed by atoms with Crippen LogP contribution in [0.4, 0.5) is 0 Å². The second-order valence-corrected chi connectivity index (χ2v) is 3.40. The Labute approximate surface area is 80.0 Å². The van der Waals surface area contributed by atoms with Gasteiger partial charge in [-0.2, -0.15) is 0 Å². The highest BCUT2D eigenvalue weighted by Crippen LogP contribution is 2.07. The molecule has 3 heteroatoms. The lowest BCUT2D eigenvalue weighted by atomic mass is 10.1. The smallest absolute Gasteiger partial charge is 0.331 e. The first-order valence-electron chi connectivity index (χ1n) is 4.65. The molecule has 0 saturated heterocycles. The lowest BCUT2D eigenvalue weighted by Crippen LogP contribution is -2.13. The molecule has 0 saturated carbocycles. The van der Waals surface area contributed by atoms with E-state index in [2.05, 4.69) is 6.92 Å². The zero-order valence-electron chi connectivity index (χ0n) is 8.71. The van der Waals surface area contributed by atoms with E-state index in [9.17, 15) is 4.79 Å². The number of carboxylic acids is 1. The van der Waals surface area contributed by atoms with Crippen molar-refractivity contribution in [2.75, 3.05) is 20.6 Å². The molecule has 0 radical (unpaired) electrons. The highest BCUT2D eigenvalue weighted by molar-refractivity contribution is 5.86. The van der Waals surface area contributed by atoms with Gasteiger partial charge in [-0.25, -0.2) is 4.79 Å². The SMILES string of the molecule is CCCCC(=CCN(C)C)C(=O)O. The maximum Gasteiger partial charge on any atom is 0.331 e. The van der Waals surface area contributed by atoms with E-state index in [1.54, 1.807) is 6.08 Å². The maximum atomic E-state index is 10.7. The van der Waals surface area contributed by atoms with Crippen molar-refractivity contribution in [3.63, 3.8) is 0 Å². The number of unbranched alkanes of at least 4 members (excludes halogenated alkanes) is 1. The molecule has 0 atom stereocenters. The van der Waals surface area contributed by atoms with E-state index in [0.717, 1.165) is 12.8 Å². The van der Waals surface area contributed by atoms with Gasteiger partial charge in [0.25, 0.3) is 0 Å². The Hall–Kier alpha value is -0.830.